The van der Waals surface area contributed by atoms with Crippen LogP contribution < -0.4 is 5.32 Å². The normalized spacial score (nSPS) is 10.1. The lowest BCUT2D eigenvalue weighted by Crippen LogP contribution is -2.18. The first-order chi connectivity index (χ1) is 7.74. The molecule has 0 aliphatic rings. The molecule has 0 bridgehead atoms. The van der Waals surface area contributed by atoms with Gasteiger partial charge in [0.2, 0.25) is 0 Å². The SMILES string of the molecule is Cc1cc(CCNCCCC#N)ccc1F. The molecule has 0 aromatic heterocycles. The fourth-order valence-electron chi connectivity index (χ4n) is 1.51. The fourth-order valence-corrected chi connectivity index (χ4v) is 1.51. The Bertz CT molecular complexity index is 369. The van der Waals surface area contributed by atoms with Crippen molar-refractivity contribution in [3.8, 4) is 6.07 Å². The Labute approximate surface area is 96.1 Å². The summed E-state index contributed by atoms with van der Waals surface area (Å²) in [5, 5.41) is 11.6. The Morgan fingerprint density at radius 1 is 1.38 bits per heavy atom. The maximum Gasteiger partial charge on any atom is 0.126 e. The maximum absolute atomic E-state index is 13.0. The molecule has 0 saturated carbocycles. The molecule has 0 radical (unpaired) electrons. The lowest BCUT2D eigenvalue weighted by Gasteiger charge is -2.05. The minimum absolute atomic E-state index is 0.147. The summed E-state index contributed by atoms with van der Waals surface area (Å²) < 4.78 is 13.0. The van der Waals surface area contributed by atoms with Gasteiger partial charge in [0.15, 0.2) is 0 Å². The van der Waals surface area contributed by atoms with Crippen LogP contribution >= 0.6 is 0 Å². The van der Waals surface area contributed by atoms with Crippen molar-refractivity contribution >= 4 is 0 Å². The van der Waals surface area contributed by atoms with E-state index in [1.165, 1.54) is 6.07 Å². The zero-order chi connectivity index (χ0) is 11.8. The number of nitrogens with zero attached hydrogens (tertiary/aromatic N) is 1. The Balaban J connectivity index is 2.22. The molecule has 1 rings (SSSR count). The van der Waals surface area contributed by atoms with E-state index in [0.717, 1.165) is 31.5 Å². The lowest BCUT2D eigenvalue weighted by molar-refractivity contribution is 0.616. The van der Waals surface area contributed by atoms with Gasteiger partial charge in [0.25, 0.3) is 0 Å². The number of hydrogen-bond donors (Lipinski definition) is 1. The Hall–Kier alpha value is -1.40. The second-order valence-electron chi connectivity index (χ2n) is 3.85. The highest BCUT2D eigenvalue weighted by atomic mass is 19.1. The predicted octanol–water partition coefficient (Wildman–Crippen LogP) is 2.57. The first-order valence-corrected chi connectivity index (χ1v) is 5.56. The summed E-state index contributed by atoms with van der Waals surface area (Å²) in [5.41, 5.74) is 1.84. The summed E-state index contributed by atoms with van der Waals surface area (Å²) in [5.74, 6) is -0.147. The van der Waals surface area contributed by atoms with Crippen LogP contribution in [0.1, 0.15) is 24.0 Å². The third kappa shape index (κ3) is 4.41. The van der Waals surface area contributed by atoms with Crippen LogP contribution in [-0.4, -0.2) is 13.1 Å². The average Bonchev–Trinajstić information content (AvgIpc) is 2.28. The minimum Gasteiger partial charge on any atom is -0.316 e. The van der Waals surface area contributed by atoms with E-state index < -0.39 is 0 Å². The molecule has 86 valence electrons. The summed E-state index contributed by atoms with van der Waals surface area (Å²) in [6.45, 7) is 3.52. The average molecular weight is 220 g/mol. The molecule has 0 aliphatic carbocycles. The third-order valence-electron chi connectivity index (χ3n) is 2.45. The van der Waals surface area contributed by atoms with Crippen LogP contribution in [0.5, 0.6) is 0 Å². The highest BCUT2D eigenvalue weighted by Gasteiger charge is 1.98. The van der Waals surface area contributed by atoms with E-state index in [4.69, 9.17) is 5.26 Å². The number of unbranched alkanes of at least 4 members (excludes halogenated alkanes) is 1. The molecule has 3 heteroatoms. The van der Waals surface area contributed by atoms with Gasteiger partial charge in [-0.2, -0.15) is 5.26 Å². The van der Waals surface area contributed by atoms with Gasteiger partial charge in [-0.15, -0.1) is 0 Å². The monoisotopic (exact) mass is 220 g/mol. The Morgan fingerprint density at radius 2 is 2.19 bits per heavy atom. The second-order valence-corrected chi connectivity index (χ2v) is 3.85. The molecule has 1 aromatic carbocycles. The minimum atomic E-state index is -0.147. The van der Waals surface area contributed by atoms with Gasteiger partial charge in [-0.3, -0.25) is 0 Å². The van der Waals surface area contributed by atoms with Crippen molar-refractivity contribution in [3.05, 3.63) is 35.1 Å². The van der Waals surface area contributed by atoms with Gasteiger partial charge in [-0.25, -0.2) is 4.39 Å². The Kier molecular flexibility index (Phi) is 5.52. The van der Waals surface area contributed by atoms with Gasteiger partial charge in [-0.05, 0) is 50.0 Å². The highest BCUT2D eigenvalue weighted by Crippen LogP contribution is 2.09. The first-order valence-electron chi connectivity index (χ1n) is 5.56. The quantitative estimate of drug-likeness (QED) is 0.748. The molecule has 1 aromatic rings. The van der Waals surface area contributed by atoms with Crippen LogP contribution in [-0.2, 0) is 6.42 Å². The van der Waals surface area contributed by atoms with E-state index in [-0.39, 0.29) is 5.82 Å². The number of aryl methyl sites for hydroxylation is 1. The van der Waals surface area contributed by atoms with Crippen molar-refractivity contribution < 1.29 is 4.39 Å². The molecular weight excluding hydrogens is 203 g/mol. The van der Waals surface area contributed by atoms with E-state index in [9.17, 15) is 4.39 Å². The van der Waals surface area contributed by atoms with E-state index in [0.29, 0.717) is 12.0 Å². The molecule has 0 atom stereocenters. The Morgan fingerprint density at radius 3 is 2.88 bits per heavy atom. The highest BCUT2D eigenvalue weighted by molar-refractivity contribution is 5.24. The molecule has 0 aliphatic heterocycles. The van der Waals surface area contributed by atoms with Crippen LogP contribution in [0, 0.1) is 24.1 Å². The molecule has 2 nitrogen and oxygen atoms in total. The van der Waals surface area contributed by atoms with E-state index in [1.807, 2.05) is 12.1 Å². The molecule has 0 fully saturated rings. The molecule has 0 amide bonds. The molecular formula is C13H17FN2. The summed E-state index contributed by atoms with van der Waals surface area (Å²) in [7, 11) is 0. The standard InChI is InChI=1S/C13H17FN2/c1-11-10-12(4-5-13(11)14)6-9-16-8-3-2-7-15/h4-5,10,16H,2-3,6,8-9H2,1H3. The van der Waals surface area contributed by atoms with Crippen molar-refractivity contribution in [2.45, 2.75) is 26.2 Å². The van der Waals surface area contributed by atoms with E-state index in [2.05, 4.69) is 11.4 Å². The van der Waals surface area contributed by atoms with Crippen LogP contribution in [0.25, 0.3) is 0 Å². The number of nitrogens with one attached hydrogen (secondary N) is 1. The van der Waals surface area contributed by atoms with Gasteiger partial charge in [-0.1, -0.05) is 12.1 Å². The zero-order valence-corrected chi connectivity index (χ0v) is 9.59. The summed E-state index contributed by atoms with van der Waals surface area (Å²) >= 11 is 0. The maximum atomic E-state index is 13.0. The van der Waals surface area contributed by atoms with Crippen LogP contribution in [0.3, 0.4) is 0 Å². The second kappa shape index (κ2) is 6.97. The van der Waals surface area contributed by atoms with Crippen molar-refractivity contribution in [3.63, 3.8) is 0 Å². The van der Waals surface area contributed by atoms with Gasteiger partial charge >= 0.3 is 0 Å². The van der Waals surface area contributed by atoms with Gasteiger partial charge < -0.3 is 5.32 Å². The van der Waals surface area contributed by atoms with Gasteiger partial charge in [0.1, 0.15) is 5.82 Å². The van der Waals surface area contributed by atoms with Crippen molar-refractivity contribution in [1.82, 2.24) is 5.32 Å². The smallest absolute Gasteiger partial charge is 0.126 e. The molecule has 0 heterocycles. The van der Waals surface area contributed by atoms with Gasteiger partial charge in [0.05, 0.1) is 6.07 Å². The van der Waals surface area contributed by atoms with E-state index in [1.54, 1.807) is 6.92 Å². The fraction of sp³-hybridized carbons (Fsp3) is 0.462. The van der Waals surface area contributed by atoms with Crippen LogP contribution in [0.15, 0.2) is 18.2 Å². The predicted molar refractivity (Wildman–Crippen MR) is 62.6 cm³/mol. The molecule has 0 saturated heterocycles. The van der Waals surface area contributed by atoms with Crippen molar-refractivity contribution in [2.24, 2.45) is 0 Å². The van der Waals surface area contributed by atoms with E-state index >= 15 is 0 Å². The number of halogens is 1. The summed E-state index contributed by atoms with van der Waals surface area (Å²) in [6, 6.07) is 7.32. The van der Waals surface area contributed by atoms with Crippen molar-refractivity contribution in [2.75, 3.05) is 13.1 Å². The number of nitriles is 1. The third-order valence-corrected chi connectivity index (χ3v) is 2.45. The number of benzene rings is 1. The zero-order valence-electron chi connectivity index (χ0n) is 9.59. The molecule has 1 N–H and O–H groups in total. The topological polar surface area (TPSA) is 35.8 Å². The van der Waals surface area contributed by atoms with Crippen LogP contribution in [0.2, 0.25) is 0 Å². The molecule has 0 spiro atoms. The molecule has 0 unspecified atom stereocenters. The number of rotatable bonds is 6. The first kappa shape index (κ1) is 12.7. The largest absolute Gasteiger partial charge is 0.316 e. The van der Waals surface area contributed by atoms with Crippen molar-refractivity contribution in [1.29, 1.82) is 5.26 Å². The molecule has 16 heavy (non-hydrogen) atoms. The van der Waals surface area contributed by atoms with Crippen LogP contribution in [0.4, 0.5) is 4.39 Å². The summed E-state index contributed by atoms with van der Waals surface area (Å²) in [4.78, 5) is 0. The summed E-state index contributed by atoms with van der Waals surface area (Å²) in [6.07, 6.45) is 2.38. The number of hydrogen-bond acceptors (Lipinski definition) is 2. The lowest BCUT2D eigenvalue weighted by atomic mass is 10.1. The van der Waals surface area contributed by atoms with Gasteiger partial charge in [0, 0.05) is 6.42 Å².